The normalized spacial score (nSPS) is 20.0. The summed E-state index contributed by atoms with van der Waals surface area (Å²) in [5.74, 6) is -0.0604. The molecule has 0 amide bonds. The van der Waals surface area contributed by atoms with E-state index < -0.39 is 5.82 Å². The molecule has 1 saturated heterocycles. The number of halogens is 1. The Morgan fingerprint density at radius 2 is 2.29 bits per heavy atom. The zero-order chi connectivity index (χ0) is 12.3. The summed E-state index contributed by atoms with van der Waals surface area (Å²) in [5.41, 5.74) is 0.326. The zero-order valence-corrected chi connectivity index (χ0v) is 9.83. The fourth-order valence-corrected chi connectivity index (χ4v) is 2.14. The highest BCUT2D eigenvalue weighted by atomic mass is 19.1. The Balaban J connectivity index is 2.25. The van der Waals surface area contributed by atoms with Gasteiger partial charge in [-0.15, -0.1) is 0 Å². The van der Waals surface area contributed by atoms with Crippen molar-refractivity contribution < 1.29 is 13.9 Å². The molecule has 1 fully saturated rings. The molecule has 1 atom stereocenters. The van der Waals surface area contributed by atoms with Crippen LogP contribution in [0.1, 0.15) is 29.6 Å². The maximum atomic E-state index is 13.2. The number of carbonyl (C=O) groups is 1. The smallest absolute Gasteiger partial charge is 0.183 e. The van der Waals surface area contributed by atoms with Gasteiger partial charge in [-0.05, 0) is 37.6 Å². The number of ketones is 1. The van der Waals surface area contributed by atoms with Crippen LogP contribution in [0.15, 0.2) is 18.2 Å². The molecule has 1 N–H and O–H groups in total. The number of nitrogens with one attached hydrogen (secondary N) is 1. The van der Waals surface area contributed by atoms with Crippen LogP contribution in [0.25, 0.3) is 0 Å². The van der Waals surface area contributed by atoms with Gasteiger partial charge in [-0.25, -0.2) is 4.39 Å². The largest absolute Gasteiger partial charge is 0.496 e. The molecule has 1 unspecified atom stereocenters. The van der Waals surface area contributed by atoms with Crippen LogP contribution in [-0.2, 0) is 0 Å². The zero-order valence-electron chi connectivity index (χ0n) is 9.83. The number of Topliss-reactive ketones (excluding diaryl/α,β-unsaturated/α-hetero) is 1. The van der Waals surface area contributed by atoms with Crippen LogP contribution in [-0.4, -0.2) is 25.5 Å². The highest BCUT2D eigenvalue weighted by Crippen LogP contribution is 2.23. The van der Waals surface area contributed by atoms with E-state index in [1.807, 2.05) is 0 Å². The molecular weight excluding hydrogens is 221 g/mol. The number of hydrogen-bond donors (Lipinski definition) is 1. The average Bonchev–Trinajstić information content (AvgIpc) is 2.39. The molecule has 1 aromatic rings. The van der Waals surface area contributed by atoms with Gasteiger partial charge in [-0.3, -0.25) is 4.79 Å². The van der Waals surface area contributed by atoms with Gasteiger partial charge in [0, 0.05) is 0 Å². The van der Waals surface area contributed by atoms with Crippen molar-refractivity contribution in [3.63, 3.8) is 0 Å². The number of carbonyl (C=O) groups excluding carboxylic acids is 1. The average molecular weight is 237 g/mol. The van der Waals surface area contributed by atoms with E-state index in [-0.39, 0.29) is 11.8 Å². The number of hydrogen-bond acceptors (Lipinski definition) is 3. The highest BCUT2D eigenvalue weighted by molar-refractivity contribution is 6.02. The number of methoxy groups -OCH3 is 1. The van der Waals surface area contributed by atoms with Gasteiger partial charge in [0.2, 0.25) is 0 Å². The quantitative estimate of drug-likeness (QED) is 0.819. The van der Waals surface area contributed by atoms with E-state index in [0.29, 0.717) is 11.3 Å². The molecule has 1 heterocycles. The fraction of sp³-hybridized carbons (Fsp3) is 0.462. The topological polar surface area (TPSA) is 38.3 Å². The predicted octanol–water partition coefficient (Wildman–Crippen LogP) is 2.16. The van der Waals surface area contributed by atoms with Crippen LogP contribution in [0.2, 0.25) is 0 Å². The van der Waals surface area contributed by atoms with Gasteiger partial charge < -0.3 is 10.1 Å². The van der Waals surface area contributed by atoms with Crippen LogP contribution in [0.3, 0.4) is 0 Å². The summed E-state index contributed by atoms with van der Waals surface area (Å²) >= 11 is 0. The van der Waals surface area contributed by atoms with Gasteiger partial charge >= 0.3 is 0 Å². The minimum absolute atomic E-state index is 0.0824. The molecule has 0 radical (unpaired) electrons. The first-order valence-electron chi connectivity index (χ1n) is 5.83. The summed E-state index contributed by atoms with van der Waals surface area (Å²) in [7, 11) is 1.48. The van der Waals surface area contributed by atoms with Gasteiger partial charge in [0.05, 0.1) is 18.7 Å². The summed E-state index contributed by atoms with van der Waals surface area (Å²) in [4.78, 5) is 12.2. The molecule has 0 spiro atoms. The van der Waals surface area contributed by atoms with Crippen molar-refractivity contribution in [3.8, 4) is 5.75 Å². The first kappa shape index (κ1) is 12.0. The second kappa shape index (κ2) is 5.27. The lowest BCUT2D eigenvalue weighted by Gasteiger charge is -2.22. The highest BCUT2D eigenvalue weighted by Gasteiger charge is 2.24. The van der Waals surface area contributed by atoms with Crippen LogP contribution in [0.4, 0.5) is 4.39 Å². The Hall–Kier alpha value is -1.42. The van der Waals surface area contributed by atoms with E-state index in [9.17, 15) is 9.18 Å². The number of benzene rings is 1. The van der Waals surface area contributed by atoms with Crippen molar-refractivity contribution in [1.82, 2.24) is 5.32 Å². The molecule has 0 bridgehead atoms. The van der Waals surface area contributed by atoms with Crippen molar-refractivity contribution in [2.75, 3.05) is 13.7 Å². The van der Waals surface area contributed by atoms with Crippen LogP contribution in [0.5, 0.6) is 5.75 Å². The van der Waals surface area contributed by atoms with E-state index in [4.69, 9.17) is 4.74 Å². The summed E-state index contributed by atoms with van der Waals surface area (Å²) in [6.45, 7) is 0.841. The third-order valence-corrected chi connectivity index (χ3v) is 3.05. The van der Waals surface area contributed by atoms with Gasteiger partial charge in [-0.1, -0.05) is 6.42 Å². The van der Waals surface area contributed by atoms with Gasteiger partial charge in [0.15, 0.2) is 5.78 Å². The van der Waals surface area contributed by atoms with E-state index >= 15 is 0 Å². The van der Waals surface area contributed by atoms with Gasteiger partial charge in [0.25, 0.3) is 0 Å². The third-order valence-electron chi connectivity index (χ3n) is 3.05. The van der Waals surface area contributed by atoms with E-state index in [1.54, 1.807) is 0 Å². The van der Waals surface area contributed by atoms with Crippen molar-refractivity contribution in [1.29, 1.82) is 0 Å². The summed E-state index contributed by atoms with van der Waals surface area (Å²) < 4.78 is 18.3. The number of ether oxygens (including phenoxy) is 1. The predicted molar refractivity (Wildman–Crippen MR) is 62.9 cm³/mol. The maximum absolute atomic E-state index is 13.2. The van der Waals surface area contributed by atoms with Crippen LogP contribution < -0.4 is 10.1 Å². The molecule has 17 heavy (non-hydrogen) atoms. The van der Waals surface area contributed by atoms with Crippen LogP contribution in [0, 0.1) is 5.82 Å². The monoisotopic (exact) mass is 237 g/mol. The summed E-state index contributed by atoms with van der Waals surface area (Å²) in [6, 6.07) is 3.83. The molecule has 0 saturated carbocycles. The molecular formula is C13H16FNO2. The van der Waals surface area contributed by atoms with Gasteiger partial charge in [0.1, 0.15) is 11.6 Å². The molecule has 92 valence electrons. The lowest BCUT2D eigenvalue weighted by Crippen LogP contribution is -2.40. The maximum Gasteiger partial charge on any atom is 0.183 e. The Labute approximate surface area is 100.0 Å². The summed E-state index contributed by atoms with van der Waals surface area (Å²) in [5, 5.41) is 3.16. The molecule has 1 aromatic carbocycles. The van der Waals surface area contributed by atoms with E-state index in [1.165, 1.54) is 25.3 Å². The van der Waals surface area contributed by atoms with Gasteiger partial charge in [-0.2, -0.15) is 0 Å². The molecule has 4 heteroatoms. The van der Waals surface area contributed by atoms with Crippen molar-refractivity contribution >= 4 is 5.78 Å². The second-order valence-electron chi connectivity index (χ2n) is 4.21. The third kappa shape index (κ3) is 2.64. The minimum Gasteiger partial charge on any atom is -0.496 e. The Morgan fingerprint density at radius 3 is 2.94 bits per heavy atom. The van der Waals surface area contributed by atoms with Crippen molar-refractivity contribution in [2.45, 2.75) is 25.3 Å². The Bertz CT molecular complexity index is 414. The number of piperidine rings is 1. The standard InChI is InChI=1S/C13H16FNO2/c1-17-12-6-5-9(14)8-10(12)13(16)11-4-2-3-7-15-11/h5-6,8,11,15H,2-4,7H2,1H3. The van der Waals surface area contributed by atoms with Crippen molar-refractivity contribution in [3.05, 3.63) is 29.6 Å². The molecule has 0 aromatic heterocycles. The first-order valence-corrected chi connectivity index (χ1v) is 5.83. The van der Waals surface area contributed by atoms with Crippen molar-refractivity contribution in [2.24, 2.45) is 0 Å². The molecule has 1 aliphatic rings. The SMILES string of the molecule is COc1ccc(F)cc1C(=O)C1CCCCN1. The minimum atomic E-state index is -0.412. The first-order chi connectivity index (χ1) is 8.22. The number of rotatable bonds is 3. The molecule has 1 aliphatic heterocycles. The lowest BCUT2D eigenvalue weighted by atomic mass is 9.96. The summed E-state index contributed by atoms with van der Waals surface area (Å²) in [6.07, 6.45) is 2.92. The molecule has 3 nitrogen and oxygen atoms in total. The second-order valence-corrected chi connectivity index (χ2v) is 4.21. The molecule has 2 rings (SSSR count). The van der Waals surface area contributed by atoms with Crippen LogP contribution >= 0.6 is 0 Å². The fourth-order valence-electron chi connectivity index (χ4n) is 2.14. The van der Waals surface area contributed by atoms with E-state index in [2.05, 4.69) is 5.32 Å². The Kier molecular flexibility index (Phi) is 3.74. The lowest BCUT2D eigenvalue weighted by molar-refractivity contribution is 0.0923. The molecule has 0 aliphatic carbocycles. The van der Waals surface area contributed by atoms with E-state index in [0.717, 1.165) is 25.8 Å². The Morgan fingerprint density at radius 1 is 1.47 bits per heavy atom.